The van der Waals surface area contributed by atoms with Crippen LogP contribution < -0.4 is 4.90 Å². The minimum absolute atomic E-state index is 0.156. The van der Waals surface area contributed by atoms with Gasteiger partial charge in [-0.15, -0.1) is 0 Å². The summed E-state index contributed by atoms with van der Waals surface area (Å²) in [5.41, 5.74) is 0.651. The van der Waals surface area contributed by atoms with Crippen molar-refractivity contribution in [2.24, 2.45) is 0 Å². The second-order valence-electron chi connectivity index (χ2n) is 5.66. The minimum Gasteiger partial charge on any atom is -0.378 e. The van der Waals surface area contributed by atoms with E-state index in [9.17, 15) is 9.11 Å². The third-order valence-corrected chi connectivity index (χ3v) is 6.66. The van der Waals surface area contributed by atoms with Crippen molar-refractivity contribution >= 4 is 28.0 Å². The molecule has 1 aliphatic carbocycles. The molecule has 2 aliphatic rings. The van der Waals surface area contributed by atoms with E-state index in [4.69, 9.17) is 16.3 Å². The van der Waals surface area contributed by atoms with Crippen LogP contribution in [0.25, 0.3) is 0 Å². The molecule has 6 nitrogen and oxygen atoms in total. The summed E-state index contributed by atoms with van der Waals surface area (Å²) in [6.45, 7) is 2.82. The number of rotatable bonds is 3. The van der Waals surface area contributed by atoms with Gasteiger partial charge in [0.1, 0.15) is 10.6 Å². The number of morpholine rings is 1. The fourth-order valence-corrected chi connectivity index (χ4v) is 4.67. The highest BCUT2D eigenvalue weighted by atomic mass is 35.5. The smallest absolute Gasteiger partial charge is 0.224 e. The largest absolute Gasteiger partial charge is 0.378 e. The summed E-state index contributed by atoms with van der Waals surface area (Å²) in [6, 6.07) is 1.86. The molecule has 118 valence electrons. The molecule has 0 aromatic carbocycles. The molecule has 2 fully saturated rings. The topological polar surface area (TPSA) is 78.7 Å². The molecule has 0 bridgehead atoms. The summed E-state index contributed by atoms with van der Waals surface area (Å²) in [5.74, 6) is 0.739. The molecule has 3 rings (SSSR count). The van der Waals surface area contributed by atoms with Crippen molar-refractivity contribution < 1.29 is 13.8 Å². The second-order valence-corrected chi connectivity index (χ2v) is 8.45. The summed E-state index contributed by atoms with van der Waals surface area (Å²) >= 11 is 6.07. The number of halogens is 1. The summed E-state index contributed by atoms with van der Waals surface area (Å²) in [7, 11) is -2.74. The van der Waals surface area contributed by atoms with Gasteiger partial charge >= 0.3 is 0 Å². The molecule has 0 unspecified atom stereocenters. The van der Waals surface area contributed by atoms with Gasteiger partial charge in [-0.2, -0.15) is 10.6 Å². The van der Waals surface area contributed by atoms with Gasteiger partial charge in [-0.25, -0.2) is 9.97 Å². The van der Waals surface area contributed by atoms with Crippen LogP contribution in [-0.2, 0) is 9.48 Å². The van der Waals surface area contributed by atoms with Crippen LogP contribution in [0.1, 0.15) is 25.0 Å². The quantitative estimate of drug-likeness (QED) is 0.828. The molecule has 0 amide bonds. The Hall–Kier alpha value is -0.600. The highest BCUT2D eigenvalue weighted by molar-refractivity contribution is 8.24. The molecular weight excluding hydrogens is 314 g/mol. The molecule has 1 aliphatic heterocycles. The van der Waals surface area contributed by atoms with E-state index < -0.39 is 15.3 Å². The van der Waals surface area contributed by atoms with Crippen molar-refractivity contribution in [2.45, 2.75) is 24.0 Å². The third-order valence-electron chi connectivity index (χ3n) is 4.39. The number of aromatic nitrogens is 2. The van der Waals surface area contributed by atoms with Crippen LogP contribution in [-0.4, -0.2) is 51.6 Å². The van der Waals surface area contributed by atoms with Crippen LogP contribution in [0, 0.1) is 0 Å². The molecule has 2 heterocycles. The van der Waals surface area contributed by atoms with E-state index in [2.05, 4.69) is 14.9 Å². The van der Waals surface area contributed by atoms with Crippen LogP contribution in [0.4, 0.5) is 5.82 Å². The van der Waals surface area contributed by atoms with Gasteiger partial charge < -0.3 is 9.64 Å². The maximum atomic E-state index is 10.2. The molecule has 2 N–H and O–H groups in total. The number of nitrogens with zero attached hydrogens (tertiary/aromatic N) is 3. The van der Waals surface area contributed by atoms with Crippen LogP contribution in [0.2, 0.25) is 5.28 Å². The Bertz CT molecular complexity index is 528. The zero-order valence-electron chi connectivity index (χ0n) is 12.0. The van der Waals surface area contributed by atoms with Gasteiger partial charge in [-0.05, 0) is 30.9 Å². The molecule has 1 aromatic rings. The van der Waals surface area contributed by atoms with E-state index >= 15 is 0 Å². The lowest BCUT2D eigenvalue weighted by Crippen LogP contribution is -2.41. The van der Waals surface area contributed by atoms with Gasteiger partial charge in [-0.1, -0.05) is 0 Å². The van der Waals surface area contributed by atoms with Gasteiger partial charge in [0, 0.05) is 25.4 Å². The first-order valence-electron chi connectivity index (χ1n) is 7.03. The predicted molar refractivity (Wildman–Crippen MR) is 84.4 cm³/mol. The predicted octanol–water partition coefficient (Wildman–Crippen LogP) is 2.73. The van der Waals surface area contributed by atoms with Crippen molar-refractivity contribution in [1.82, 2.24) is 9.97 Å². The van der Waals surface area contributed by atoms with Crippen LogP contribution >= 0.6 is 22.2 Å². The molecule has 8 heteroatoms. The zero-order valence-corrected chi connectivity index (χ0v) is 13.5. The molecular formula is C13H20ClN3O3S. The van der Waals surface area contributed by atoms with E-state index in [1.807, 2.05) is 6.07 Å². The SMILES string of the molecule is CS(O)(O)C1(c2cc(N3CCOCC3)nc(Cl)n2)CCC1. The fourth-order valence-electron chi connectivity index (χ4n) is 2.93. The van der Waals surface area contributed by atoms with E-state index in [0.717, 1.165) is 38.2 Å². The Labute approximate surface area is 130 Å². The first-order valence-corrected chi connectivity index (χ1v) is 9.36. The first kappa shape index (κ1) is 15.3. The number of hydrogen-bond acceptors (Lipinski definition) is 6. The normalized spacial score (nSPS) is 22.8. The van der Waals surface area contributed by atoms with Gasteiger partial charge in [0.05, 0.1) is 18.9 Å². The molecule has 1 aromatic heterocycles. The van der Waals surface area contributed by atoms with Gasteiger partial charge in [0.25, 0.3) is 0 Å². The summed E-state index contributed by atoms with van der Waals surface area (Å²) < 4.78 is 25.1. The number of hydrogen-bond donors (Lipinski definition) is 2. The Morgan fingerprint density at radius 2 is 1.95 bits per heavy atom. The summed E-state index contributed by atoms with van der Waals surface area (Å²) in [5, 5.41) is 0.156. The maximum Gasteiger partial charge on any atom is 0.224 e. The second kappa shape index (κ2) is 5.55. The fraction of sp³-hybridized carbons (Fsp3) is 0.692. The van der Waals surface area contributed by atoms with Crippen molar-refractivity contribution in [3.05, 3.63) is 17.0 Å². The molecule has 0 radical (unpaired) electrons. The number of ether oxygens (including phenoxy) is 1. The third kappa shape index (κ3) is 2.73. The average Bonchev–Trinajstić information content (AvgIpc) is 2.36. The molecule has 1 saturated carbocycles. The van der Waals surface area contributed by atoms with Crippen molar-refractivity contribution in [3.8, 4) is 0 Å². The average molecular weight is 334 g/mol. The van der Waals surface area contributed by atoms with Crippen molar-refractivity contribution in [1.29, 1.82) is 0 Å². The Morgan fingerprint density at radius 1 is 1.29 bits per heavy atom. The lowest BCUT2D eigenvalue weighted by molar-refractivity contribution is 0.122. The van der Waals surface area contributed by atoms with E-state index in [1.54, 1.807) is 0 Å². The van der Waals surface area contributed by atoms with Crippen molar-refractivity contribution in [2.75, 3.05) is 37.5 Å². The maximum absolute atomic E-state index is 10.2. The zero-order chi connectivity index (χ0) is 15.1. The molecule has 21 heavy (non-hydrogen) atoms. The monoisotopic (exact) mass is 333 g/mol. The standard InChI is InChI=1S/C13H20ClN3O3S/c1-21(18,19)13(3-2-4-13)10-9-11(16-12(14)15-10)17-5-7-20-8-6-17/h9,18-19H,2-8H2,1H3. The highest BCUT2D eigenvalue weighted by Crippen LogP contribution is 2.65. The molecule has 0 atom stereocenters. The lowest BCUT2D eigenvalue weighted by Gasteiger charge is -2.53. The Kier molecular flexibility index (Phi) is 4.04. The highest BCUT2D eigenvalue weighted by Gasteiger charge is 2.49. The minimum atomic E-state index is -2.74. The van der Waals surface area contributed by atoms with Crippen molar-refractivity contribution in [3.63, 3.8) is 0 Å². The number of anilines is 1. The van der Waals surface area contributed by atoms with Gasteiger partial charge in [0.15, 0.2) is 0 Å². The summed E-state index contributed by atoms with van der Waals surface area (Å²) in [4.78, 5) is 10.7. The Balaban J connectivity index is 1.97. The summed E-state index contributed by atoms with van der Waals surface area (Å²) in [6.07, 6.45) is 3.91. The first-order chi connectivity index (χ1) is 9.92. The van der Waals surface area contributed by atoms with Crippen LogP contribution in [0.5, 0.6) is 0 Å². The van der Waals surface area contributed by atoms with Gasteiger partial charge in [-0.3, -0.25) is 9.11 Å². The van der Waals surface area contributed by atoms with Gasteiger partial charge in [0.2, 0.25) is 5.28 Å². The molecule has 1 saturated heterocycles. The van der Waals surface area contributed by atoms with E-state index in [0.29, 0.717) is 18.9 Å². The lowest BCUT2D eigenvalue weighted by atomic mass is 9.81. The van der Waals surface area contributed by atoms with Crippen LogP contribution in [0.3, 0.4) is 0 Å². The molecule has 0 spiro atoms. The Morgan fingerprint density at radius 3 is 2.48 bits per heavy atom. The van der Waals surface area contributed by atoms with E-state index in [-0.39, 0.29) is 5.28 Å². The van der Waals surface area contributed by atoms with Crippen LogP contribution in [0.15, 0.2) is 6.07 Å². The van der Waals surface area contributed by atoms with E-state index in [1.165, 1.54) is 6.26 Å².